The molecule has 0 spiro atoms. The van der Waals surface area contributed by atoms with Gasteiger partial charge in [-0.1, -0.05) is 30.3 Å². The van der Waals surface area contributed by atoms with Crippen LogP contribution in [-0.4, -0.2) is 26.5 Å². The van der Waals surface area contributed by atoms with E-state index in [0.717, 1.165) is 5.69 Å². The lowest BCUT2D eigenvalue weighted by atomic mass is 10.1. The minimum absolute atomic E-state index is 0.0208. The maximum atomic E-state index is 12.0. The van der Waals surface area contributed by atoms with Crippen LogP contribution in [0.15, 0.2) is 54.6 Å². The number of hydrogen-bond donors (Lipinski definition) is 0. The first-order valence-corrected chi connectivity index (χ1v) is 6.15. The summed E-state index contributed by atoms with van der Waals surface area (Å²) in [5.41, 5.74) is 1.67. The number of Topliss-reactive ketones (excluding diaryl/α,β-unsaturated/α-hetero) is 1. The molecule has 0 radical (unpaired) electrons. The number of rotatable bonds is 5. The molecule has 0 aliphatic heterocycles. The first kappa shape index (κ1) is 13.1. The first-order chi connectivity index (χ1) is 9.16. The molecule has 0 aliphatic carbocycles. The molecule has 2 aromatic rings. The van der Waals surface area contributed by atoms with Crippen molar-refractivity contribution in [3.63, 3.8) is 0 Å². The SMILES string of the molecule is CN(C)c1cccc(C(=O)COc2ccccc2)c1. The van der Waals surface area contributed by atoms with Gasteiger partial charge < -0.3 is 9.64 Å². The summed E-state index contributed by atoms with van der Waals surface area (Å²) in [5, 5.41) is 0. The van der Waals surface area contributed by atoms with Gasteiger partial charge in [0.05, 0.1) is 0 Å². The van der Waals surface area contributed by atoms with Gasteiger partial charge in [-0.05, 0) is 24.3 Å². The zero-order valence-corrected chi connectivity index (χ0v) is 11.2. The number of anilines is 1. The highest BCUT2D eigenvalue weighted by atomic mass is 16.5. The summed E-state index contributed by atoms with van der Waals surface area (Å²) in [4.78, 5) is 14.0. The molecular weight excluding hydrogens is 238 g/mol. The van der Waals surface area contributed by atoms with Gasteiger partial charge >= 0.3 is 0 Å². The van der Waals surface area contributed by atoms with Crippen LogP contribution >= 0.6 is 0 Å². The Morgan fingerprint density at radius 1 is 1.05 bits per heavy atom. The highest BCUT2D eigenvalue weighted by molar-refractivity contribution is 5.98. The highest BCUT2D eigenvalue weighted by Gasteiger charge is 2.08. The van der Waals surface area contributed by atoms with Crippen molar-refractivity contribution in [1.82, 2.24) is 0 Å². The van der Waals surface area contributed by atoms with Gasteiger partial charge in [0.2, 0.25) is 0 Å². The zero-order chi connectivity index (χ0) is 13.7. The fraction of sp³-hybridized carbons (Fsp3) is 0.188. The molecular formula is C16H17NO2. The standard InChI is InChI=1S/C16H17NO2/c1-17(2)14-8-6-7-13(11-14)16(18)12-19-15-9-4-3-5-10-15/h3-11H,12H2,1-2H3. The molecule has 0 aliphatic rings. The minimum atomic E-state index is -0.0208. The minimum Gasteiger partial charge on any atom is -0.485 e. The fourth-order valence-corrected chi connectivity index (χ4v) is 1.71. The number of para-hydroxylation sites is 1. The van der Waals surface area contributed by atoms with Gasteiger partial charge in [0, 0.05) is 25.3 Å². The second-order valence-corrected chi connectivity index (χ2v) is 4.47. The topological polar surface area (TPSA) is 29.5 Å². The number of ketones is 1. The summed E-state index contributed by atoms with van der Waals surface area (Å²) in [6, 6.07) is 16.9. The van der Waals surface area contributed by atoms with Crippen LogP contribution in [0.5, 0.6) is 5.75 Å². The van der Waals surface area contributed by atoms with E-state index >= 15 is 0 Å². The predicted molar refractivity (Wildman–Crippen MR) is 77.0 cm³/mol. The Morgan fingerprint density at radius 2 is 1.79 bits per heavy atom. The van der Waals surface area contributed by atoms with Crippen LogP contribution in [0.2, 0.25) is 0 Å². The first-order valence-electron chi connectivity index (χ1n) is 6.15. The molecule has 0 N–H and O–H groups in total. The van der Waals surface area contributed by atoms with Crippen LogP contribution < -0.4 is 9.64 Å². The van der Waals surface area contributed by atoms with E-state index < -0.39 is 0 Å². The molecule has 0 unspecified atom stereocenters. The van der Waals surface area contributed by atoms with Crippen LogP contribution in [-0.2, 0) is 0 Å². The summed E-state index contributed by atoms with van der Waals surface area (Å²) >= 11 is 0. The van der Waals surface area contributed by atoms with Crippen LogP contribution in [0.4, 0.5) is 5.69 Å². The van der Waals surface area contributed by atoms with Crippen LogP contribution in [0.1, 0.15) is 10.4 Å². The number of ether oxygens (including phenoxy) is 1. The molecule has 0 fully saturated rings. The molecule has 3 heteroatoms. The van der Waals surface area contributed by atoms with Crippen molar-refractivity contribution in [1.29, 1.82) is 0 Å². The zero-order valence-electron chi connectivity index (χ0n) is 11.2. The van der Waals surface area contributed by atoms with Crippen LogP contribution in [0.25, 0.3) is 0 Å². The molecule has 98 valence electrons. The second-order valence-electron chi connectivity index (χ2n) is 4.47. The monoisotopic (exact) mass is 255 g/mol. The van der Waals surface area contributed by atoms with E-state index in [9.17, 15) is 4.79 Å². The molecule has 0 atom stereocenters. The molecule has 0 aromatic heterocycles. The lowest BCUT2D eigenvalue weighted by Gasteiger charge is -2.13. The quantitative estimate of drug-likeness (QED) is 0.769. The van der Waals surface area contributed by atoms with Crippen molar-refractivity contribution in [2.75, 3.05) is 25.6 Å². The van der Waals surface area contributed by atoms with Crippen molar-refractivity contribution in [3.05, 3.63) is 60.2 Å². The number of carbonyl (C=O) groups is 1. The van der Waals surface area contributed by atoms with Crippen molar-refractivity contribution >= 4 is 11.5 Å². The highest BCUT2D eigenvalue weighted by Crippen LogP contribution is 2.15. The molecule has 19 heavy (non-hydrogen) atoms. The Morgan fingerprint density at radius 3 is 2.47 bits per heavy atom. The predicted octanol–water partition coefficient (Wildman–Crippen LogP) is 3.01. The van der Waals surface area contributed by atoms with Crippen molar-refractivity contribution in [3.8, 4) is 5.75 Å². The number of nitrogens with zero attached hydrogens (tertiary/aromatic N) is 1. The van der Waals surface area contributed by atoms with Gasteiger partial charge in [0.25, 0.3) is 0 Å². The largest absolute Gasteiger partial charge is 0.485 e. The van der Waals surface area contributed by atoms with Gasteiger partial charge in [-0.15, -0.1) is 0 Å². The van der Waals surface area contributed by atoms with Crippen molar-refractivity contribution in [2.45, 2.75) is 0 Å². The van der Waals surface area contributed by atoms with E-state index in [1.807, 2.05) is 73.6 Å². The Kier molecular flexibility index (Phi) is 4.18. The maximum absolute atomic E-state index is 12.0. The molecule has 0 saturated carbocycles. The fourth-order valence-electron chi connectivity index (χ4n) is 1.71. The Hall–Kier alpha value is -2.29. The number of hydrogen-bond acceptors (Lipinski definition) is 3. The third-order valence-electron chi connectivity index (χ3n) is 2.80. The summed E-state index contributed by atoms with van der Waals surface area (Å²) in [7, 11) is 3.90. The normalized spacial score (nSPS) is 10.0. The lowest BCUT2D eigenvalue weighted by molar-refractivity contribution is 0.0921. The average Bonchev–Trinajstić information content (AvgIpc) is 2.46. The lowest BCUT2D eigenvalue weighted by Crippen LogP contribution is -2.13. The van der Waals surface area contributed by atoms with E-state index in [1.165, 1.54) is 0 Å². The summed E-state index contributed by atoms with van der Waals surface area (Å²) in [5.74, 6) is 0.687. The molecule has 0 bridgehead atoms. The van der Waals surface area contributed by atoms with Gasteiger partial charge in [-0.2, -0.15) is 0 Å². The number of benzene rings is 2. The Labute approximate surface area is 113 Å². The Bertz CT molecular complexity index is 550. The van der Waals surface area contributed by atoms with Crippen LogP contribution in [0.3, 0.4) is 0 Å². The third-order valence-corrected chi connectivity index (χ3v) is 2.80. The van der Waals surface area contributed by atoms with Crippen molar-refractivity contribution in [2.24, 2.45) is 0 Å². The van der Waals surface area contributed by atoms with Gasteiger partial charge in [0.1, 0.15) is 5.75 Å². The van der Waals surface area contributed by atoms with E-state index in [0.29, 0.717) is 11.3 Å². The summed E-state index contributed by atoms with van der Waals surface area (Å²) < 4.78 is 5.46. The smallest absolute Gasteiger partial charge is 0.200 e. The average molecular weight is 255 g/mol. The van der Waals surface area contributed by atoms with Gasteiger partial charge in [-0.25, -0.2) is 0 Å². The van der Waals surface area contributed by atoms with E-state index in [4.69, 9.17) is 4.74 Å². The number of carbonyl (C=O) groups excluding carboxylic acids is 1. The molecule has 2 aromatic carbocycles. The Balaban J connectivity index is 2.02. The molecule has 2 rings (SSSR count). The van der Waals surface area contributed by atoms with Crippen LogP contribution in [0, 0.1) is 0 Å². The molecule has 0 amide bonds. The van der Waals surface area contributed by atoms with E-state index in [1.54, 1.807) is 0 Å². The second kappa shape index (κ2) is 6.05. The molecule has 0 heterocycles. The summed E-state index contributed by atoms with van der Waals surface area (Å²) in [6.45, 7) is 0.0564. The van der Waals surface area contributed by atoms with Crippen molar-refractivity contribution < 1.29 is 9.53 Å². The molecule has 3 nitrogen and oxygen atoms in total. The van der Waals surface area contributed by atoms with Gasteiger partial charge in [-0.3, -0.25) is 4.79 Å². The summed E-state index contributed by atoms with van der Waals surface area (Å²) in [6.07, 6.45) is 0. The third kappa shape index (κ3) is 3.58. The van der Waals surface area contributed by atoms with Gasteiger partial charge in [0.15, 0.2) is 12.4 Å². The van der Waals surface area contributed by atoms with E-state index in [2.05, 4.69) is 0 Å². The maximum Gasteiger partial charge on any atom is 0.200 e. The molecule has 0 saturated heterocycles. The van der Waals surface area contributed by atoms with E-state index in [-0.39, 0.29) is 12.4 Å².